The highest BCUT2D eigenvalue weighted by molar-refractivity contribution is 6.38. The summed E-state index contributed by atoms with van der Waals surface area (Å²) in [7, 11) is 0. The van der Waals surface area contributed by atoms with Crippen LogP contribution in [0.3, 0.4) is 0 Å². The van der Waals surface area contributed by atoms with Crippen LogP contribution in [0.2, 0.25) is 0 Å². The van der Waals surface area contributed by atoms with E-state index in [2.05, 4.69) is 29.2 Å². The summed E-state index contributed by atoms with van der Waals surface area (Å²) < 4.78 is 15.4. The average Bonchev–Trinajstić information content (AvgIpc) is 3.00. The van der Waals surface area contributed by atoms with E-state index in [1.54, 1.807) is 13.8 Å². The van der Waals surface area contributed by atoms with E-state index in [1.165, 1.54) is 0 Å². The Morgan fingerprint density at radius 1 is 0.659 bits per heavy atom. The Bertz CT molecular complexity index is 1320. The molecule has 0 unspecified atom stereocenters. The van der Waals surface area contributed by atoms with E-state index < -0.39 is 66.9 Å². The molecular weight excluding hydrogens is 586 g/mol. The highest BCUT2D eigenvalue weighted by Gasteiger charge is 2.19. The number of Topliss-reactive ketones (excluding diaryl/α,β-unsaturated/α-hetero) is 1. The summed E-state index contributed by atoms with van der Waals surface area (Å²) in [6.45, 7) is 11.1. The van der Waals surface area contributed by atoms with Crippen molar-refractivity contribution in [2.24, 2.45) is 0 Å². The van der Waals surface area contributed by atoms with E-state index in [1.807, 2.05) is 0 Å². The van der Waals surface area contributed by atoms with E-state index >= 15 is 0 Å². The maximum Gasteiger partial charge on any atom is 0.379 e. The van der Waals surface area contributed by atoms with Gasteiger partial charge < -0.3 is 23.8 Å². The summed E-state index contributed by atoms with van der Waals surface area (Å²) in [5.41, 5.74) is -3.38. The lowest BCUT2D eigenvalue weighted by atomic mass is 10.1. The Morgan fingerprint density at radius 3 is 1.57 bits per heavy atom. The summed E-state index contributed by atoms with van der Waals surface area (Å²) in [6, 6.07) is 0. The van der Waals surface area contributed by atoms with Gasteiger partial charge in [-0.3, -0.25) is 9.59 Å². The average molecular weight is 624 g/mol. The zero-order valence-corrected chi connectivity index (χ0v) is 24.8. The molecule has 1 rings (SSSR count). The fourth-order valence-electron chi connectivity index (χ4n) is 2.94. The lowest BCUT2D eigenvalue weighted by Gasteiger charge is -2.14. The Balaban J connectivity index is 0.00000119. The molecule has 1 aromatic heterocycles. The van der Waals surface area contributed by atoms with Crippen molar-refractivity contribution in [1.82, 2.24) is 13.9 Å². The minimum Gasteiger partial charge on any atom is -0.463 e. The second-order valence-electron chi connectivity index (χ2n) is 8.57. The number of esters is 3. The van der Waals surface area contributed by atoms with Gasteiger partial charge in [0.1, 0.15) is 25.6 Å². The molecule has 0 aliphatic heterocycles. The van der Waals surface area contributed by atoms with Crippen LogP contribution in [-0.4, -0.2) is 75.5 Å². The summed E-state index contributed by atoms with van der Waals surface area (Å²) in [6.07, 6.45) is 6.29. The molecule has 1 heterocycles. The van der Waals surface area contributed by atoms with Crippen molar-refractivity contribution in [1.29, 1.82) is 0 Å². The summed E-state index contributed by atoms with van der Waals surface area (Å²) in [5, 5.41) is 0. The third kappa shape index (κ3) is 14.2. The number of carbonyl (C=O) groups is 6. The Kier molecular flexibility index (Phi) is 19.0. The predicted molar refractivity (Wildman–Crippen MR) is 154 cm³/mol. The lowest BCUT2D eigenvalue weighted by Crippen LogP contribution is -2.57. The first-order valence-electron chi connectivity index (χ1n) is 13.4. The van der Waals surface area contributed by atoms with Crippen molar-refractivity contribution in [2.45, 2.75) is 59.0 Å². The van der Waals surface area contributed by atoms with E-state index in [4.69, 9.17) is 9.57 Å². The normalized spacial score (nSPS) is 9.86. The first kappa shape index (κ1) is 38.9. The maximum absolute atomic E-state index is 12.6. The van der Waals surface area contributed by atoms with Gasteiger partial charge in [0.15, 0.2) is 0 Å². The second kappa shape index (κ2) is 21.5. The van der Waals surface area contributed by atoms with Gasteiger partial charge in [-0.05, 0) is 44.8 Å². The lowest BCUT2D eigenvalue weighted by molar-refractivity contribution is -0.152. The fraction of sp³-hybridized carbons (Fsp3) is 0.464. The van der Waals surface area contributed by atoms with Crippen LogP contribution < -0.4 is 21.9 Å². The molecule has 0 fully saturated rings. The molecule has 0 saturated heterocycles. The third-order valence-corrected chi connectivity index (χ3v) is 5.15. The van der Waals surface area contributed by atoms with E-state index in [-0.39, 0.29) is 18.4 Å². The van der Waals surface area contributed by atoms with Crippen molar-refractivity contribution in [3.05, 3.63) is 69.4 Å². The van der Waals surface area contributed by atoms with Gasteiger partial charge >= 0.3 is 35.0 Å². The van der Waals surface area contributed by atoms with Crippen LogP contribution in [0.15, 0.2) is 52.3 Å². The first-order valence-corrected chi connectivity index (χ1v) is 13.4. The summed E-state index contributed by atoms with van der Waals surface area (Å²) in [5.74, 6) is -4.68. The standard InChI is InChI=1S/C18H21N3O10.C10H16O3/c1-4-9-31-21-17(27)19(7-10-29-14(24)12(22)5-2)16(26)20(18(21)28)8-11-30-15(25)13(23)6-3;1-3-10(12)13-8-6-4-5-7-9(2)11/h5-6H,2-4,7-11H2,1H3;3H,1,4-8H2,2H3. The van der Waals surface area contributed by atoms with E-state index in [0.29, 0.717) is 33.3 Å². The SMILES string of the molecule is C=CC(=O)C(=O)OCCn1c(=O)n(CCOC(=O)C(=O)C=C)c(=O)n(OCCC)c1=O.C=CC(=O)OCCCCCC(C)=O. The molecule has 0 bridgehead atoms. The molecule has 16 nitrogen and oxygen atoms in total. The number of hydrogen-bond acceptors (Lipinski definition) is 13. The molecule has 0 aliphatic rings. The highest BCUT2D eigenvalue weighted by Crippen LogP contribution is 2.00. The van der Waals surface area contributed by atoms with Crippen LogP contribution in [0.25, 0.3) is 0 Å². The van der Waals surface area contributed by atoms with Gasteiger partial charge in [0, 0.05) is 12.5 Å². The van der Waals surface area contributed by atoms with Gasteiger partial charge in [-0.1, -0.05) is 31.4 Å². The molecule has 0 aromatic carbocycles. The van der Waals surface area contributed by atoms with Gasteiger partial charge in [-0.15, -0.1) is 0 Å². The fourth-order valence-corrected chi connectivity index (χ4v) is 2.94. The van der Waals surface area contributed by atoms with Gasteiger partial charge in [0.05, 0.1) is 19.7 Å². The topological polar surface area (TPSA) is 205 Å². The number of ether oxygens (including phenoxy) is 3. The van der Waals surface area contributed by atoms with E-state index in [0.717, 1.165) is 37.5 Å². The van der Waals surface area contributed by atoms with Crippen molar-refractivity contribution in [2.75, 3.05) is 26.4 Å². The first-order chi connectivity index (χ1) is 20.9. The van der Waals surface area contributed by atoms with Crippen LogP contribution in [0.1, 0.15) is 46.0 Å². The molecule has 0 saturated carbocycles. The third-order valence-electron chi connectivity index (χ3n) is 5.15. The van der Waals surface area contributed by atoms with Crippen LogP contribution in [0.4, 0.5) is 0 Å². The van der Waals surface area contributed by atoms with Gasteiger partial charge in [0.25, 0.3) is 11.6 Å². The number of hydrogen-bond donors (Lipinski definition) is 0. The zero-order chi connectivity index (χ0) is 33.7. The molecule has 0 atom stereocenters. The monoisotopic (exact) mass is 623 g/mol. The molecule has 0 spiro atoms. The smallest absolute Gasteiger partial charge is 0.379 e. The molecule has 0 aliphatic carbocycles. The van der Waals surface area contributed by atoms with Crippen molar-refractivity contribution in [3.63, 3.8) is 0 Å². The van der Waals surface area contributed by atoms with Crippen LogP contribution >= 0.6 is 0 Å². The number of unbranched alkanes of at least 4 members (excludes halogenated alkanes) is 2. The van der Waals surface area contributed by atoms with Crippen LogP contribution in [0.5, 0.6) is 0 Å². The number of rotatable bonds is 20. The number of ketones is 3. The Morgan fingerprint density at radius 2 is 1.16 bits per heavy atom. The summed E-state index contributed by atoms with van der Waals surface area (Å²) in [4.78, 5) is 109. The van der Waals surface area contributed by atoms with Crippen LogP contribution in [0, 0.1) is 0 Å². The minimum atomic E-state index is -1.24. The molecule has 16 heteroatoms. The number of nitrogens with zero attached hydrogens (tertiary/aromatic N) is 3. The minimum absolute atomic E-state index is 0.0288. The van der Waals surface area contributed by atoms with Crippen molar-refractivity contribution < 1.29 is 47.8 Å². The predicted octanol–water partition coefficient (Wildman–Crippen LogP) is -0.528. The van der Waals surface area contributed by atoms with E-state index in [9.17, 15) is 43.2 Å². The van der Waals surface area contributed by atoms with Gasteiger partial charge in [0.2, 0.25) is 0 Å². The number of carbonyl (C=O) groups excluding carboxylic acids is 6. The molecule has 0 N–H and O–H groups in total. The van der Waals surface area contributed by atoms with Crippen molar-refractivity contribution >= 4 is 35.3 Å². The number of aromatic nitrogens is 3. The van der Waals surface area contributed by atoms with Gasteiger partial charge in [-0.2, -0.15) is 0 Å². The maximum atomic E-state index is 12.6. The zero-order valence-electron chi connectivity index (χ0n) is 24.8. The molecule has 0 radical (unpaired) electrons. The molecule has 0 amide bonds. The highest BCUT2D eigenvalue weighted by atomic mass is 16.7. The summed E-state index contributed by atoms with van der Waals surface area (Å²) >= 11 is 0. The van der Waals surface area contributed by atoms with Gasteiger partial charge in [-0.25, -0.2) is 37.9 Å². The molecule has 44 heavy (non-hydrogen) atoms. The largest absolute Gasteiger partial charge is 0.463 e. The van der Waals surface area contributed by atoms with Crippen molar-refractivity contribution in [3.8, 4) is 0 Å². The van der Waals surface area contributed by atoms with Crippen LogP contribution in [-0.2, 0) is 56.1 Å². The quantitative estimate of drug-likeness (QED) is 0.0590. The molecule has 242 valence electrons. The molecular formula is C28H37N3O13. The molecule has 1 aromatic rings. The second-order valence-corrected chi connectivity index (χ2v) is 8.57. The Hall–Kier alpha value is -5.15. The Labute approximate surface area is 252 Å².